The van der Waals surface area contributed by atoms with Crippen LogP contribution in [0.2, 0.25) is 0 Å². The maximum absolute atomic E-state index is 12.8. The molecule has 0 radical (unpaired) electrons. The van der Waals surface area contributed by atoms with Crippen molar-refractivity contribution in [3.05, 3.63) is 158 Å². The first-order chi connectivity index (χ1) is 33.5. The number of hydrogen-bond acceptors (Lipinski definition) is 6. The fourth-order valence-electron chi connectivity index (χ4n) is 6.34. The Morgan fingerprint density at radius 3 is 1.03 bits per heavy atom. The van der Waals surface area contributed by atoms with E-state index in [2.05, 4.69) is 167 Å². The van der Waals surface area contributed by atoms with Crippen LogP contribution < -0.4 is 0 Å². The van der Waals surface area contributed by atoms with E-state index in [0.29, 0.717) is 19.3 Å². The van der Waals surface area contributed by atoms with Gasteiger partial charge in [0.1, 0.15) is 13.2 Å². The Hall–Kier alpha value is -4.97. The van der Waals surface area contributed by atoms with Crippen LogP contribution in [0.3, 0.4) is 0 Å². The molecule has 1 atom stereocenters. The van der Waals surface area contributed by atoms with E-state index in [1.807, 2.05) is 12.2 Å². The molecule has 0 spiro atoms. The minimum Gasteiger partial charge on any atom is -0.462 e. The molecule has 0 fully saturated rings. The molecule has 6 heteroatoms. The molecule has 0 amide bonds. The fourth-order valence-corrected chi connectivity index (χ4v) is 6.34. The smallest absolute Gasteiger partial charge is 0.306 e. The summed E-state index contributed by atoms with van der Waals surface area (Å²) in [5.41, 5.74) is 0. The highest BCUT2D eigenvalue weighted by Gasteiger charge is 2.19. The molecule has 0 aliphatic rings. The first-order valence-electron chi connectivity index (χ1n) is 26.5. The van der Waals surface area contributed by atoms with Crippen molar-refractivity contribution in [2.45, 2.75) is 200 Å². The van der Waals surface area contributed by atoms with Gasteiger partial charge in [-0.15, -0.1) is 0 Å². The number of carbonyl (C=O) groups excluding carboxylic acids is 3. The summed E-state index contributed by atoms with van der Waals surface area (Å²) >= 11 is 0. The number of hydrogen-bond donors (Lipinski definition) is 0. The normalized spacial score (nSPS) is 13.4. The van der Waals surface area contributed by atoms with Gasteiger partial charge in [-0.1, -0.05) is 211 Å². The molecule has 0 heterocycles. The zero-order chi connectivity index (χ0) is 49.3. The first-order valence-corrected chi connectivity index (χ1v) is 26.5. The van der Waals surface area contributed by atoms with Gasteiger partial charge in [-0.25, -0.2) is 0 Å². The summed E-state index contributed by atoms with van der Waals surface area (Å²) in [5.74, 6) is -1.11. The van der Waals surface area contributed by atoms with E-state index < -0.39 is 12.1 Å². The lowest BCUT2D eigenvalue weighted by molar-refractivity contribution is -0.166. The van der Waals surface area contributed by atoms with Crippen LogP contribution in [0, 0.1) is 0 Å². The average molecular weight is 935 g/mol. The molecule has 0 aliphatic carbocycles. The van der Waals surface area contributed by atoms with E-state index in [9.17, 15) is 14.4 Å². The Morgan fingerprint density at radius 2 is 0.618 bits per heavy atom. The first kappa shape index (κ1) is 63.0. The molecule has 0 aliphatic heterocycles. The number of unbranched alkanes of at least 4 members (excludes halogenated alkanes) is 8. The van der Waals surface area contributed by atoms with Gasteiger partial charge in [0.25, 0.3) is 0 Å². The molecule has 0 aromatic heterocycles. The number of ether oxygens (including phenoxy) is 3. The van der Waals surface area contributed by atoms with Crippen LogP contribution in [0.15, 0.2) is 158 Å². The van der Waals surface area contributed by atoms with Gasteiger partial charge in [-0.05, 0) is 122 Å². The van der Waals surface area contributed by atoms with E-state index >= 15 is 0 Å². The number of carbonyl (C=O) groups is 3. The maximum Gasteiger partial charge on any atom is 0.306 e. The van der Waals surface area contributed by atoms with Gasteiger partial charge < -0.3 is 14.2 Å². The molecule has 0 saturated heterocycles. The molecule has 0 aromatic rings. The highest BCUT2D eigenvalue weighted by atomic mass is 16.6. The van der Waals surface area contributed by atoms with Crippen LogP contribution in [0.25, 0.3) is 0 Å². The maximum atomic E-state index is 12.8. The minimum absolute atomic E-state index is 0.139. The molecule has 68 heavy (non-hydrogen) atoms. The lowest BCUT2D eigenvalue weighted by Gasteiger charge is -2.18. The van der Waals surface area contributed by atoms with Crippen LogP contribution in [0.4, 0.5) is 0 Å². The summed E-state index contributed by atoms with van der Waals surface area (Å²) in [7, 11) is 0. The van der Waals surface area contributed by atoms with Crippen LogP contribution >= 0.6 is 0 Å². The van der Waals surface area contributed by atoms with Crippen molar-refractivity contribution < 1.29 is 28.6 Å². The Bertz CT molecular complexity index is 1590. The Morgan fingerprint density at radius 1 is 0.309 bits per heavy atom. The third kappa shape index (κ3) is 52.0. The molecule has 0 rings (SSSR count). The lowest BCUT2D eigenvalue weighted by Crippen LogP contribution is -2.30. The van der Waals surface area contributed by atoms with Gasteiger partial charge in [-0.2, -0.15) is 0 Å². The van der Waals surface area contributed by atoms with E-state index in [4.69, 9.17) is 14.2 Å². The largest absolute Gasteiger partial charge is 0.462 e. The van der Waals surface area contributed by atoms with E-state index in [0.717, 1.165) is 122 Å². The average Bonchev–Trinajstić information content (AvgIpc) is 3.34. The van der Waals surface area contributed by atoms with Crippen molar-refractivity contribution in [3.63, 3.8) is 0 Å². The molecular weight excluding hydrogens is 841 g/mol. The molecule has 0 aromatic carbocycles. The van der Waals surface area contributed by atoms with Gasteiger partial charge in [0.05, 0.1) is 0 Å². The topological polar surface area (TPSA) is 78.9 Å². The summed E-state index contributed by atoms with van der Waals surface area (Å²) in [5, 5.41) is 0. The Balaban J connectivity index is 4.65. The molecule has 6 nitrogen and oxygen atoms in total. The van der Waals surface area contributed by atoms with Crippen LogP contribution in [-0.2, 0) is 28.6 Å². The van der Waals surface area contributed by atoms with Gasteiger partial charge in [-0.3, -0.25) is 14.4 Å². The molecular formula is C62H94O6. The highest BCUT2D eigenvalue weighted by molar-refractivity contribution is 5.71. The van der Waals surface area contributed by atoms with E-state index in [1.165, 1.54) is 19.3 Å². The van der Waals surface area contributed by atoms with Crippen molar-refractivity contribution in [1.82, 2.24) is 0 Å². The number of esters is 3. The van der Waals surface area contributed by atoms with E-state index in [1.54, 1.807) is 0 Å². The highest BCUT2D eigenvalue weighted by Crippen LogP contribution is 2.11. The molecule has 0 N–H and O–H groups in total. The summed E-state index contributed by atoms with van der Waals surface area (Å²) < 4.78 is 16.7. The monoisotopic (exact) mass is 935 g/mol. The molecule has 0 unspecified atom stereocenters. The molecule has 378 valence electrons. The summed E-state index contributed by atoms with van der Waals surface area (Å²) in [6.07, 6.45) is 79.6. The minimum atomic E-state index is -0.852. The predicted molar refractivity (Wildman–Crippen MR) is 292 cm³/mol. The van der Waals surface area contributed by atoms with Gasteiger partial charge in [0.2, 0.25) is 0 Å². The second-order valence-electron chi connectivity index (χ2n) is 16.7. The van der Waals surface area contributed by atoms with Gasteiger partial charge in [0, 0.05) is 19.3 Å². The third-order valence-corrected chi connectivity index (χ3v) is 10.3. The molecule has 0 bridgehead atoms. The number of rotatable bonds is 45. The van der Waals surface area contributed by atoms with Crippen LogP contribution in [0.1, 0.15) is 194 Å². The second-order valence-corrected chi connectivity index (χ2v) is 16.7. The van der Waals surface area contributed by atoms with Crippen molar-refractivity contribution in [2.24, 2.45) is 0 Å². The Kier molecular flexibility index (Phi) is 50.6. The van der Waals surface area contributed by atoms with E-state index in [-0.39, 0.29) is 38.0 Å². The van der Waals surface area contributed by atoms with Gasteiger partial charge >= 0.3 is 17.9 Å². The third-order valence-electron chi connectivity index (χ3n) is 10.3. The standard InChI is InChI=1S/C62H94O6/c1-4-7-10-13-16-19-22-25-28-30-31-33-34-37-40-43-46-49-52-55-61(64)67-58-59(57-66-60(63)54-51-48-45-42-39-36-27-24-21-18-15-12-9-6-3)68-62(65)56-53-50-47-44-41-38-35-32-29-26-23-20-17-14-11-8-5-2/h7-8,10-11,15-20,24-29,31,33,35,37-38,40,44,46-47,49,59H,4-6,9,12-14,21-23,30,32,34,36,39,41-43,45,48,50-58H2,1-3H3/b10-7+,11-8+,18-15+,19-16+,20-17+,27-24+,28-25+,29-26+,33-31+,38-35+,40-37+,47-44+,49-46+/t59-/m1/s1. The Labute approximate surface area is 416 Å². The fraction of sp³-hybridized carbons (Fsp3) is 0.532. The van der Waals surface area contributed by atoms with Gasteiger partial charge in [0.15, 0.2) is 6.10 Å². The molecule has 0 saturated carbocycles. The van der Waals surface area contributed by atoms with Crippen molar-refractivity contribution in [2.75, 3.05) is 13.2 Å². The van der Waals surface area contributed by atoms with Crippen LogP contribution in [-0.4, -0.2) is 37.2 Å². The lowest BCUT2D eigenvalue weighted by atomic mass is 10.1. The summed E-state index contributed by atoms with van der Waals surface area (Å²) in [6, 6.07) is 0. The quantitative estimate of drug-likeness (QED) is 0.0262. The zero-order valence-electron chi connectivity index (χ0n) is 43.0. The van der Waals surface area contributed by atoms with Crippen molar-refractivity contribution in [1.29, 1.82) is 0 Å². The number of allylic oxidation sites excluding steroid dienone is 26. The predicted octanol–water partition coefficient (Wildman–Crippen LogP) is 17.8. The summed E-state index contributed by atoms with van der Waals surface area (Å²) in [6.45, 7) is 6.21. The van der Waals surface area contributed by atoms with Crippen molar-refractivity contribution >= 4 is 17.9 Å². The van der Waals surface area contributed by atoms with Crippen molar-refractivity contribution in [3.8, 4) is 0 Å². The second kappa shape index (κ2) is 54.6. The van der Waals surface area contributed by atoms with Crippen LogP contribution in [0.5, 0.6) is 0 Å². The summed E-state index contributed by atoms with van der Waals surface area (Å²) in [4.78, 5) is 38.0. The zero-order valence-corrected chi connectivity index (χ0v) is 43.0. The SMILES string of the molecule is CC/C=C/C/C=C/C/C=C/C/C=C/C/C=C/C/C=C/CCC(=O)OC[C@@H](COC(=O)CCCCCCC/C=C/C/C=C/CCCC)OC(=O)CCC/C=C/C/C=C/C/C=C/C/C=C/C/C=C/CC.